The molecule has 2 atom stereocenters. The second-order valence-electron chi connectivity index (χ2n) is 9.33. The van der Waals surface area contributed by atoms with Crippen LogP contribution in [0, 0.1) is 0 Å². The van der Waals surface area contributed by atoms with Gasteiger partial charge in [0, 0.05) is 19.8 Å². The van der Waals surface area contributed by atoms with Crippen molar-refractivity contribution in [3.8, 4) is 0 Å². The van der Waals surface area contributed by atoms with Crippen molar-refractivity contribution in [1.82, 2.24) is 0 Å². The minimum Gasteiger partial charge on any atom is -0.379 e. The van der Waals surface area contributed by atoms with Gasteiger partial charge in [0.25, 0.3) is 0 Å². The van der Waals surface area contributed by atoms with Gasteiger partial charge in [0.15, 0.2) is 0 Å². The molecular weight excluding hydrogens is 465 g/mol. The predicted octanol–water partition coefficient (Wildman–Crippen LogP) is 7.32. The standard InChI is InChI=1S/C27H56NO6P/c1-3-5-7-9-10-11-12-13-14-15-16-17-18-19-22-31-25-27(32-23-20-8-6-4-2)26-34-35(29,30)33-24-21-28/h4,27H,2-3,5-26,28H2,1H3,(H,29,30). The first-order valence-electron chi connectivity index (χ1n) is 14.2. The maximum absolute atomic E-state index is 11.9. The van der Waals surface area contributed by atoms with Gasteiger partial charge in [-0.3, -0.25) is 9.05 Å². The molecule has 0 radical (unpaired) electrons. The zero-order chi connectivity index (χ0) is 25.9. The number of ether oxygens (including phenoxy) is 2. The van der Waals surface area contributed by atoms with Crippen LogP contribution < -0.4 is 5.73 Å². The summed E-state index contributed by atoms with van der Waals surface area (Å²) in [6.45, 7) is 7.59. The van der Waals surface area contributed by atoms with E-state index in [0.717, 1.165) is 25.7 Å². The zero-order valence-electron chi connectivity index (χ0n) is 22.6. The van der Waals surface area contributed by atoms with Gasteiger partial charge >= 0.3 is 7.82 Å². The quantitative estimate of drug-likeness (QED) is 0.0604. The third-order valence-electron chi connectivity index (χ3n) is 5.90. The second-order valence-corrected chi connectivity index (χ2v) is 10.8. The molecular formula is C27H56NO6P. The van der Waals surface area contributed by atoms with Crippen molar-refractivity contribution < 1.29 is 28.0 Å². The molecule has 0 aromatic carbocycles. The van der Waals surface area contributed by atoms with E-state index in [4.69, 9.17) is 24.3 Å². The minimum atomic E-state index is -4.12. The average molecular weight is 522 g/mol. The zero-order valence-corrected chi connectivity index (χ0v) is 23.5. The van der Waals surface area contributed by atoms with Gasteiger partial charge in [-0.15, -0.1) is 6.58 Å². The molecule has 0 saturated carbocycles. The largest absolute Gasteiger partial charge is 0.472 e. The van der Waals surface area contributed by atoms with Gasteiger partial charge in [0.05, 0.1) is 19.8 Å². The number of nitrogens with two attached hydrogens (primary N) is 1. The number of rotatable bonds is 29. The number of hydrogen-bond acceptors (Lipinski definition) is 6. The van der Waals surface area contributed by atoms with Crippen LogP contribution in [-0.2, 0) is 23.1 Å². The van der Waals surface area contributed by atoms with Crippen LogP contribution in [0.5, 0.6) is 0 Å². The van der Waals surface area contributed by atoms with Crippen LogP contribution in [0.2, 0.25) is 0 Å². The van der Waals surface area contributed by atoms with E-state index in [0.29, 0.717) is 19.8 Å². The Bertz CT molecular complexity index is 494. The highest BCUT2D eigenvalue weighted by Crippen LogP contribution is 2.43. The summed E-state index contributed by atoms with van der Waals surface area (Å²) >= 11 is 0. The van der Waals surface area contributed by atoms with Crippen molar-refractivity contribution in [1.29, 1.82) is 0 Å². The van der Waals surface area contributed by atoms with E-state index in [1.807, 2.05) is 6.08 Å². The maximum Gasteiger partial charge on any atom is 0.472 e. The summed E-state index contributed by atoms with van der Waals surface area (Å²) < 4.78 is 33.3. The molecule has 0 aliphatic rings. The van der Waals surface area contributed by atoms with Crippen LogP contribution in [0.15, 0.2) is 12.7 Å². The first-order chi connectivity index (χ1) is 17.1. The van der Waals surface area contributed by atoms with E-state index >= 15 is 0 Å². The molecule has 3 N–H and O–H groups in total. The average Bonchev–Trinajstić information content (AvgIpc) is 2.85. The minimum absolute atomic E-state index is 0.0313. The normalized spacial score (nSPS) is 14.1. The summed E-state index contributed by atoms with van der Waals surface area (Å²) in [7, 11) is -4.12. The van der Waals surface area contributed by atoms with Gasteiger partial charge in [0.2, 0.25) is 0 Å². The van der Waals surface area contributed by atoms with Crippen LogP contribution in [0.1, 0.15) is 116 Å². The summed E-state index contributed by atoms with van der Waals surface area (Å²) in [4.78, 5) is 9.70. The second kappa shape index (κ2) is 26.8. The van der Waals surface area contributed by atoms with Crippen LogP contribution >= 0.6 is 7.82 Å². The third kappa shape index (κ3) is 26.6. The fourth-order valence-electron chi connectivity index (χ4n) is 3.78. The molecule has 0 aromatic heterocycles. The van der Waals surface area contributed by atoms with Crippen LogP contribution in [0.3, 0.4) is 0 Å². The first kappa shape index (κ1) is 34.7. The monoisotopic (exact) mass is 521 g/mol. The number of phosphoric acid groups is 1. The van der Waals surface area contributed by atoms with Gasteiger partial charge < -0.3 is 20.1 Å². The Morgan fingerprint density at radius 1 is 0.771 bits per heavy atom. The molecule has 7 nitrogen and oxygen atoms in total. The lowest BCUT2D eigenvalue weighted by molar-refractivity contribution is -0.0441. The highest BCUT2D eigenvalue weighted by atomic mass is 31.2. The number of hydrogen-bond donors (Lipinski definition) is 2. The highest BCUT2D eigenvalue weighted by Gasteiger charge is 2.23. The molecule has 210 valence electrons. The first-order valence-corrected chi connectivity index (χ1v) is 15.7. The van der Waals surface area contributed by atoms with E-state index in [1.165, 1.54) is 83.5 Å². The van der Waals surface area contributed by atoms with Gasteiger partial charge in [-0.1, -0.05) is 96.5 Å². The Morgan fingerprint density at radius 3 is 1.86 bits per heavy atom. The molecule has 0 aliphatic carbocycles. The lowest BCUT2D eigenvalue weighted by Crippen LogP contribution is -2.26. The SMILES string of the molecule is C=CCCCCOC(COCCCCCCCCCCCCCCCC)COP(=O)(O)OCCN. The van der Waals surface area contributed by atoms with Crippen molar-refractivity contribution >= 4 is 7.82 Å². The van der Waals surface area contributed by atoms with Crippen molar-refractivity contribution in [2.45, 2.75) is 122 Å². The molecule has 0 amide bonds. The molecule has 0 rings (SSSR count). The molecule has 0 fully saturated rings. The van der Waals surface area contributed by atoms with E-state index in [1.54, 1.807) is 0 Å². The van der Waals surface area contributed by atoms with Crippen LogP contribution in [-0.4, -0.2) is 50.6 Å². The third-order valence-corrected chi connectivity index (χ3v) is 6.88. The Kier molecular flexibility index (Phi) is 26.6. The Hall–Kier alpha value is -0.270. The number of unbranched alkanes of at least 4 members (excludes halogenated alkanes) is 15. The molecule has 2 unspecified atom stereocenters. The van der Waals surface area contributed by atoms with E-state index < -0.39 is 13.9 Å². The number of phosphoric ester groups is 1. The molecule has 8 heteroatoms. The molecule has 0 bridgehead atoms. The summed E-state index contributed by atoms with van der Waals surface area (Å²) in [6, 6.07) is 0. The molecule has 0 saturated heterocycles. The molecule has 0 aromatic rings. The lowest BCUT2D eigenvalue weighted by Gasteiger charge is -2.20. The van der Waals surface area contributed by atoms with E-state index in [2.05, 4.69) is 13.5 Å². The van der Waals surface area contributed by atoms with Crippen LogP contribution in [0.25, 0.3) is 0 Å². The fourth-order valence-corrected chi connectivity index (χ4v) is 4.55. The fraction of sp³-hybridized carbons (Fsp3) is 0.926. The smallest absolute Gasteiger partial charge is 0.379 e. The Morgan fingerprint density at radius 2 is 1.31 bits per heavy atom. The molecule has 0 aliphatic heterocycles. The Balaban J connectivity index is 3.79. The summed E-state index contributed by atoms with van der Waals surface area (Å²) in [6.07, 6.45) is 22.9. The van der Waals surface area contributed by atoms with Crippen molar-refractivity contribution in [2.75, 3.05) is 39.6 Å². The van der Waals surface area contributed by atoms with Gasteiger partial charge in [-0.2, -0.15) is 0 Å². The summed E-state index contributed by atoms with van der Waals surface area (Å²) in [5, 5.41) is 0. The van der Waals surface area contributed by atoms with E-state index in [-0.39, 0.29) is 19.8 Å². The Labute approximate surface area is 216 Å². The highest BCUT2D eigenvalue weighted by molar-refractivity contribution is 7.47. The predicted molar refractivity (Wildman–Crippen MR) is 146 cm³/mol. The van der Waals surface area contributed by atoms with Gasteiger partial charge in [-0.25, -0.2) is 4.57 Å². The van der Waals surface area contributed by atoms with Crippen molar-refractivity contribution in [3.63, 3.8) is 0 Å². The molecule has 0 heterocycles. The summed E-state index contributed by atoms with van der Waals surface area (Å²) in [5.74, 6) is 0. The maximum atomic E-state index is 11.9. The molecule has 0 spiro atoms. The van der Waals surface area contributed by atoms with Gasteiger partial charge in [0.1, 0.15) is 6.10 Å². The van der Waals surface area contributed by atoms with Crippen LogP contribution in [0.4, 0.5) is 0 Å². The topological polar surface area (TPSA) is 100 Å². The van der Waals surface area contributed by atoms with Crippen molar-refractivity contribution in [2.24, 2.45) is 5.73 Å². The molecule has 35 heavy (non-hydrogen) atoms. The van der Waals surface area contributed by atoms with Gasteiger partial charge in [-0.05, 0) is 25.7 Å². The van der Waals surface area contributed by atoms with Crippen molar-refractivity contribution in [3.05, 3.63) is 12.7 Å². The summed E-state index contributed by atoms with van der Waals surface area (Å²) in [5.41, 5.74) is 5.31. The van der Waals surface area contributed by atoms with E-state index in [9.17, 15) is 9.46 Å². The lowest BCUT2D eigenvalue weighted by atomic mass is 10.0. The number of allylic oxidation sites excluding steroid dienone is 1.